The molecule has 2 heterocycles. The number of nitrogens with zero attached hydrogens (tertiary/aromatic N) is 1. The maximum atomic E-state index is 9.77. The predicted molar refractivity (Wildman–Crippen MR) is 61.3 cm³/mol. The Balaban J connectivity index is 1.99. The summed E-state index contributed by atoms with van der Waals surface area (Å²) in [5, 5.41) is 18.8. The van der Waals surface area contributed by atoms with Crippen LogP contribution in [0.15, 0.2) is 0 Å². The Morgan fingerprint density at radius 3 is 2.62 bits per heavy atom. The van der Waals surface area contributed by atoms with Gasteiger partial charge in [0.15, 0.2) is 0 Å². The number of rotatable bonds is 3. The smallest absolute Gasteiger partial charge is 0.105 e. The van der Waals surface area contributed by atoms with Crippen molar-refractivity contribution in [3.05, 3.63) is 0 Å². The van der Waals surface area contributed by atoms with Crippen molar-refractivity contribution in [2.45, 2.75) is 57.0 Å². The molecule has 4 atom stereocenters. The maximum absolute atomic E-state index is 9.77. The van der Waals surface area contributed by atoms with Gasteiger partial charge in [0.05, 0.1) is 12.7 Å². The third-order valence-corrected chi connectivity index (χ3v) is 3.77. The van der Waals surface area contributed by atoms with Crippen molar-refractivity contribution in [2.75, 3.05) is 19.7 Å². The zero-order valence-corrected chi connectivity index (χ0v) is 10.0. The lowest BCUT2D eigenvalue weighted by Gasteiger charge is -2.35. The summed E-state index contributed by atoms with van der Waals surface area (Å²) in [5.41, 5.74) is 0. The normalized spacial score (nSPS) is 38.8. The quantitative estimate of drug-likeness (QED) is 0.734. The molecule has 2 fully saturated rings. The Bertz CT molecular complexity index is 218. The fraction of sp³-hybridized carbons (Fsp3) is 1.00. The van der Waals surface area contributed by atoms with Crippen LogP contribution in [0.2, 0.25) is 0 Å². The predicted octanol–water partition coefficient (Wildman–Crippen LogP) is 0.371. The molecular weight excluding hydrogens is 206 g/mol. The van der Waals surface area contributed by atoms with Gasteiger partial charge >= 0.3 is 0 Å². The number of ether oxygens (including phenoxy) is 1. The first-order valence-electron chi connectivity index (χ1n) is 6.41. The average molecular weight is 229 g/mol. The summed E-state index contributed by atoms with van der Waals surface area (Å²) < 4.78 is 5.73. The Morgan fingerprint density at radius 2 is 2.00 bits per heavy atom. The molecule has 16 heavy (non-hydrogen) atoms. The first-order chi connectivity index (χ1) is 7.72. The van der Waals surface area contributed by atoms with E-state index in [9.17, 15) is 5.11 Å². The number of likely N-dealkylation sites (tertiary alicyclic amines) is 1. The number of hydrogen-bond acceptors (Lipinski definition) is 4. The Morgan fingerprint density at radius 1 is 1.31 bits per heavy atom. The van der Waals surface area contributed by atoms with Crippen LogP contribution in [0, 0.1) is 0 Å². The lowest BCUT2D eigenvalue weighted by Crippen LogP contribution is -2.48. The molecule has 2 saturated heterocycles. The second-order valence-electron chi connectivity index (χ2n) is 5.06. The molecular formula is C12H23NO3. The van der Waals surface area contributed by atoms with Crippen molar-refractivity contribution in [3.8, 4) is 0 Å². The van der Waals surface area contributed by atoms with Gasteiger partial charge in [0.1, 0.15) is 12.2 Å². The highest BCUT2D eigenvalue weighted by atomic mass is 16.5. The van der Waals surface area contributed by atoms with Gasteiger partial charge in [0.2, 0.25) is 0 Å². The molecule has 0 radical (unpaired) electrons. The summed E-state index contributed by atoms with van der Waals surface area (Å²) in [6.07, 6.45) is 4.02. The highest BCUT2D eigenvalue weighted by molar-refractivity contribution is 4.92. The van der Waals surface area contributed by atoms with Crippen LogP contribution < -0.4 is 0 Å². The van der Waals surface area contributed by atoms with Gasteiger partial charge in [-0.25, -0.2) is 0 Å². The lowest BCUT2D eigenvalue weighted by atomic mass is 9.99. The minimum Gasteiger partial charge on any atom is -0.394 e. The van der Waals surface area contributed by atoms with Crippen LogP contribution in [0.1, 0.15) is 32.6 Å². The molecule has 0 saturated carbocycles. The molecule has 0 aromatic heterocycles. The fourth-order valence-corrected chi connectivity index (χ4v) is 2.95. The maximum Gasteiger partial charge on any atom is 0.105 e. The highest BCUT2D eigenvalue weighted by Gasteiger charge is 2.40. The number of piperidine rings is 1. The van der Waals surface area contributed by atoms with Gasteiger partial charge in [-0.1, -0.05) is 6.42 Å². The van der Waals surface area contributed by atoms with E-state index >= 15 is 0 Å². The van der Waals surface area contributed by atoms with E-state index < -0.39 is 6.10 Å². The second-order valence-corrected chi connectivity index (χ2v) is 5.06. The standard InChI is InChI=1S/C12H23NO3/c1-9-7-10(12(16-9)11(15)8-14)13-5-3-2-4-6-13/h9-12,14-15H,2-8H2,1H3/t9-,10?,11?,12-/m0/s1. The van der Waals surface area contributed by atoms with E-state index in [-0.39, 0.29) is 24.9 Å². The third-order valence-electron chi connectivity index (χ3n) is 3.77. The van der Waals surface area contributed by atoms with E-state index in [1.165, 1.54) is 19.3 Å². The molecule has 2 unspecified atom stereocenters. The third kappa shape index (κ3) is 2.56. The average Bonchev–Trinajstić information content (AvgIpc) is 2.71. The van der Waals surface area contributed by atoms with Gasteiger partial charge in [-0.3, -0.25) is 4.90 Å². The van der Waals surface area contributed by atoms with Crippen molar-refractivity contribution in [1.29, 1.82) is 0 Å². The van der Waals surface area contributed by atoms with Crippen molar-refractivity contribution in [1.82, 2.24) is 4.90 Å². The molecule has 0 aromatic carbocycles. The summed E-state index contributed by atoms with van der Waals surface area (Å²) in [6.45, 7) is 4.05. The van der Waals surface area contributed by atoms with Crippen molar-refractivity contribution >= 4 is 0 Å². The van der Waals surface area contributed by atoms with Crippen molar-refractivity contribution < 1.29 is 14.9 Å². The molecule has 2 aliphatic rings. The van der Waals surface area contributed by atoms with E-state index in [0.717, 1.165) is 19.5 Å². The molecule has 4 nitrogen and oxygen atoms in total. The van der Waals surface area contributed by atoms with E-state index in [2.05, 4.69) is 4.90 Å². The molecule has 0 amide bonds. The molecule has 0 aliphatic carbocycles. The van der Waals surface area contributed by atoms with Crippen LogP contribution in [0.3, 0.4) is 0 Å². The van der Waals surface area contributed by atoms with Crippen LogP contribution in [0.25, 0.3) is 0 Å². The zero-order chi connectivity index (χ0) is 11.5. The summed E-state index contributed by atoms with van der Waals surface area (Å²) in [6, 6.07) is 0.289. The van der Waals surface area contributed by atoms with E-state index in [1.807, 2.05) is 6.92 Å². The largest absolute Gasteiger partial charge is 0.394 e. The topological polar surface area (TPSA) is 52.9 Å². The first kappa shape index (κ1) is 12.3. The van der Waals surface area contributed by atoms with Gasteiger partial charge < -0.3 is 14.9 Å². The fourth-order valence-electron chi connectivity index (χ4n) is 2.95. The SMILES string of the molecule is C[C@H]1CC(N2CCCCC2)[C@@H](C(O)CO)O1. The van der Waals surface area contributed by atoms with Gasteiger partial charge in [0, 0.05) is 6.04 Å². The van der Waals surface area contributed by atoms with Crippen LogP contribution in [0.5, 0.6) is 0 Å². The summed E-state index contributed by atoms with van der Waals surface area (Å²) in [7, 11) is 0. The molecule has 2 rings (SSSR count). The molecule has 0 spiro atoms. The zero-order valence-electron chi connectivity index (χ0n) is 10.0. The van der Waals surface area contributed by atoms with Crippen molar-refractivity contribution in [3.63, 3.8) is 0 Å². The minimum atomic E-state index is -0.739. The molecule has 2 N–H and O–H groups in total. The summed E-state index contributed by atoms with van der Waals surface area (Å²) in [5.74, 6) is 0. The van der Waals surface area contributed by atoms with Crippen LogP contribution in [-0.4, -0.2) is 59.2 Å². The molecule has 2 aliphatic heterocycles. The van der Waals surface area contributed by atoms with Crippen LogP contribution in [-0.2, 0) is 4.74 Å². The summed E-state index contributed by atoms with van der Waals surface area (Å²) >= 11 is 0. The van der Waals surface area contributed by atoms with Gasteiger partial charge in [-0.15, -0.1) is 0 Å². The van der Waals surface area contributed by atoms with Gasteiger partial charge in [-0.05, 0) is 39.3 Å². The van der Waals surface area contributed by atoms with E-state index in [1.54, 1.807) is 0 Å². The number of aliphatic hydroxyl groups excluding tert-OH is 2. The van der Waals surface area contributed by atoms with Gasteiger partial charge in [0.25, 0.3) is 0 Å². The highest BCUT2D eigenvalue weighted by Crippen LogP contribution is 2.29. The van der Waals surface area contributed by atoms with Crippen LogP contribution in [0.4, 0.5) is 0 Å². The molecule has 4 heteroatoms. The Kier molecular flexibility index (Phi) is 4.19. The Labute approximate surface area is 97.2 Å². The minimum absolute atomic E-state index is 0.193. The van der Waals surface area contributed by atoms with Gasteiger partial charge in [-0.2, -0.15) is 0 Å². The number of aliphatic hydroxyl groups is 2. The molecule has 0 aromatic rings. The monoisotopic (exact) mass is 229 g/mol. The first-order valence-corrected chi connectivity index (χ1v) is 6.41. The van der Waals surface area contributed by atoms with Crippen molar-refractivity contribution in [2.24, 2.45) is 0 Å². The molecule has 0 bridgehead atoms. The lowest BCUT2D eigenvalue weighted by molar-refractivity contribution is -0.0707. The van der Waals surface area contributed by atoms with Crippen LogP contribution >= 0.6 is 0 Å². The van der Waals surface area contributed by atoms with E-state index in [0.29, 0.717) is 0 Å². The Hall–Kier alpha value is -0.160. The summed E-state index contributed by atoms with van der Waals surface area (Å²) in [4.78, 5) is 2.43. The van der Waals surface area contributed by atoms with E-state index in [4.69, 9.17) is 9.84 Å². The molecule has 94 valence electrons. The second kappa shape index (κ2) is 5.45. The number of hydrogen-bond donors (Lipinski definition) is 2.